The van der Waals surface area contributed by atoms with Gasteiger partial charge in [0.25, 0.3) is 10.0 Å². The Hall–Kier alpha value is -0.430. The molecule has 0 aliphatic carbocycles. The second-order valence-electron chi connectivity index (χ2n) is 4.54. The van der Waals surface area contributed by atoms with Crippen molar-refractivity contribution in [2.24, 2.45) is 5.73 Å². The summed E-state index contributed by atoms with van der Waals surface area (Å²) in [5.41, 5.74) is 5.54. The second kappa shape index (κ2) is 7.99. The van der Waals surface area contributed by atoms with Crippen LogP contribution in [0.15, 0.2) is 16.3 Å². The highest BCUT2D eigenvalue weighted by atomic mass is 32.2. The molecule has 0 amide bonds. The van der Waals surface area contributed by atoms with E-state index >= 15 is 0 Å². The van der Waals surface area contributed by atoms with E-state index in [-0.39, 0.29) is 0 Å². The average molecular weight is 304 g/mol. The molecular formula is C13H24N2O2S2. The first-order valence-corrected chi connectivity index (χ1v) is 9.10. The molecule has 0 bridgehead atoms. The van der Waals surface area contributed by atoms with E-state index in [4.69, 9.17) is 5.73 Å². The van der Waals surface area contributed by atoms with Crippen LogP contribution >= 0.6 is 11.3 Å². The third-order valence-electron chi connectivity index (χ3n) is 2.95. The van der Waals surface area contributed by atoms with Crippen molar-refractivity contribution in [1.29, 1.82) is 0 Å². The Morgan fingerprint density at radius 3 is 2.16 bits per heavy atom. The lowest BCUT2D eigenvalue weighted by Crippen LogP contribution is -2.32. The summed E-state index contributed by atoms with van der Waals surface area (Å²) in [6, 6.07) is 3.47. The van der Waals surface area contributed by atoms with Crippen molar-refractivity contribution in [3.63, 3.8) is 0 Å². The molecule has 2 N–H and O–H groups in total. The van der Waals surface area contributed by atoms with Crippen molar-refractivity contribution in [3.05, 3.63) is 17.0 Å². The minimum Gasteiger partial charge on any atom is -0.326 e. The maximum Gasteiger partial charge on any atom is 0.252 e. The summed E-state index contributed by atoms with van der Waals surface area (Å²) in [5, 5.41) is 0. The number of nitrogens with zero attached hydrogens (tertiary/aromatic N) is 1. The van der Waals surface area contributed by atoms with Gasteiger partial charge in [0.2, 0.25) is 0 Å². The van der Waals surface area contributed by atoms with Crippen LogP contribution in [0.5, 0.6) is 0 Å². The summed E-state index contributed by atoms with van der Waals surface area (Å²) in [6.45, 7) is 5.75. The third kappa shape index (κ3) is 4.56. The summed E-state index contributed by atoms with van der Waals surface area (Å²) < 4.78 is 27.2. The molecule has 0 atom stereocenters. The van der Waals surface area contributed by atoms with E-state index in [1.165, 1.54) is 11.3 Å². The molecule has 1 rings (SSSR count). The number of sulfonamides is 1. The van der Waals surface area contributed by atoms with Gasteiger partial charge in [-0.25, -0.2) is 8.42 Å². The van der Waals surface area contributed by atoms with Gasteiger partial charge in [0.1, 0.15) is 4.21 Å². The van der Waals surface area contributed by atoms with E-state index < -0.39 is 10.0 Å². The number of thiophene rings is 1. The summed E-state index contributed by atoms with van der Waals surface area (Å²) in [6.07, 6.45) is 3.80. The normalized spacial score (nSPS) is 12.2. The zero-order chi connectivity index (χ0) is 14.3. The first-order valence-electron chi connectivity index (χ1n) is 6.85. The van der Waals surface area contributed by atoms with E-state index in [1.54, 1.807) is 16.4 Å². The summed E-state index contributed by atoms with van der Waals surface area (Å²) >= 11 is 1.28. The highest BCUT2D eigenvalue weighted by Crippen LogP contribution is 2.25. The predicted octanol–water partition coefficient (Wildman–Crippen LogP) is 2.80. The van der Waals surface area contributed by atoms with Crippen LogP contribution in [0.3, 0.4) is 0 Å². The molecule has 0 unspecified atom stereocenters. The van der Waals surface area contributed by atoms with E-state index in [0.717, 1.165) is 30.6 Å². The molecule has 1 aromatic heterocycles. The second-order valence-corrected chi connectivity index (χ2v) is 7.87. The molecule has 0 aliphatic rings. The molecular weight excluding hydrogens is 280 g/mol. The highest BCUT2D eigenvalue weighted by molar-refractivity contribution is 7.91. The van der Waals surface area contributed by atoms with Gasteiger partial charge in [-0.05, 0) is 25.0 Å². The number of unbranched alkanes of at least 4 members (excludes halogenated alkanes) is 2. The summed E-state index contributed by atoms with van der Waals surface area (Å²) in [4.78, 5) is 0.907. The van der Waals surface area contributed by atoms with Crippen LogP contribution in [0.2, 0.25) is 0 Å². The molecule has 0 aromatic carbocycles. The Balaban J connectivity index is 2.90. The third-order valence-corrected chi connectivity index (χ3v) is 6.43. The molecule has 110 valence electrons. The Bertz CT molecular complexity index is 461. The first kappa shape index (κ1) is 16.6. The molecule has 1 heterocycles. The van der Waals surface area contributed by atoms with Crippen LogP contribution in [-0.2, 0) is 16.6 Å². The first-order chi connectivity index (χ1) is 9.06. The number of rotatable bonds is 9. The minimum atomic E-state index is -3.34. The molecule has 0 radical (unpaired) electrons. The largest absolute Gasteiger partial charge is 0.326 e. The Labute approximate surface area is 120 Å². The Morgan fingerprint density at radius 1 is 1.16 bits per heavy atom. The molecule has 0 saturated carbocycles. The fourth-order valence-electron chi connectivity index (χ4n) is 1.75. The van der Waals surface area contributed by atoms with Crippen LogP contribution in [0, 0.1) is 0 Å². The smallest absolute Gasteiger partial charge is 0.252 e. The molecule has 0 saturated heterocycles. The van der Waals surface area contributed by atoms with Gasteiger partial charge in [-0.15, -0.1) is 11.3 Å². The van der Waals surface area contributed by atoms with E-state index in [2.05, 4.69) is 13.8 Å². The number of nitrogens with two attached hydrogens (primary N) is 1. The lowest BCUT2D eigenvalue weighted by atomic mass is 10.3. The highest BCUT2D eigenvalue weighted by Gasteiger charge is 2.25. The van der Waals surface area contributed by atoms with E-state index in [0.29, 0.717) is 23.8 Å². The van der Waals surface area contributed by atoms with Gasteiger partial charge in [-0.2, -0.15) is 4.31 Å². The van der Waals surface area contributed by atoms with Gasteiger partial charge in [0.05, 0.1) is 0 Å². The quantitative estimate of drug-likeness (QED) is 0.763. The van der Waals surface area contributed by atoms with Crippen LogP contribution in [-0.4, -0.2) is 25.8 Å². The van der Waals surface area contributed by atoms with Crippen molar-refractivity contribution >= 4 is 21.4 Å². The molecule has 6 heteroatoms. The Morgan fingerprint density at radius 2 is 1.74 bits per heavy atom. The van der Waals surface area contributed by atoms with Crippen LogP contribution in [0.4, 0.5) is 0 Å². The predicted molar refractivity (Wildman–Crippen MR) is 80.8 cm³/mol. The van der Waals surface area contributed by atoms with Crippen LogP contribution < -0.4 is 5.73 Å². The van der Waals surface area contributed by atoms with Crippen molar-refractivity contribution in [1.82, 2.24) is 4.31 Å². The van der Waals surface area contributed by atoms with Crippen molar-refractivity contribution in [2.75, 3.05) is 13.1 Å². The van der Waals surface area contributed by atoms with E-state index in [9.17, 15) is 8.42 Å². The van der Waals surface area contributed by atoms with Gasteiger partial charge in [-0.3, -0.25) is 0 Å². The Kier molecular flexibility index (Phi) is 6.99. The van der Waals surface area contributed by atoms with Gasteiger partial charge in [-0.1, -0.05) is 26.7 Å². The van der Waals surface area contributed by atoms with Gasteiger partial charge < -0.3 is 5.73 Å². The van der Waals surface area contributed by atoms with Gasteiger partial charge in [0.15, 0.2) is 0 Å². The minimum absolute atomic E-state index is 0.393. The number of hydrogen-bond acceptors (Lipinski definition) is 4. The summed E-state index contributed by atoms with van der Waals surface area (Å²) in [7, 11) is -3.34. The monoisotopic (exact) mass is 304 g/mol. The fraction of sp³-hybridized carbons (Fsp3) is 0.692. The van der Waals surface area contributed by atoms with Crippen molar-refractivity contribution < 1.29 is 8.42 Å². The molecule has 19 heavy (non-hydrogen) atoms. The van der Waals surface area contributed by atoms with Gasteiger partial charge >= 0.3 is 0 Å². The summed E-state index contributed by atoms with van der Waals surface area (Å²) in [5.74, 6) is 0. The molecule has 0 fully saturated rings. The van der Waals surface area contributed by atoms with Crippen LogP contribution in [0.1, 0.15) is 44.4 Å². The molecule has 0 aliphatic heterocycles. The fourth-order valence-corrected chi connectivity index (χ4v) is 4.66. The van der Waals surface area contributed by atoms with Crippen molar-refractivity contribution in [3.8, 4) is 0 Å². The topological polar surface area (TPSA) is 63.4 Å². The molecule has 1 aromatic rings. The molecule has 0 spiro atoms. The SMILES string of the molecule is CCCCN(CCCC)S(=O)(=O)c1ccc(CN)s1. The lowest BCUT2D eigenvalue weighted by Gasteiger charge is -2.20. The maximum atomic E-state index is 12.6. The lowest BCUT2D eigenvalue weighted by molar-refractivity contribution is 0.396. The number of hydrogen-bond donors (Lipinski definition) is 1. The molecule has 4 nitrogen and oxygen atoms in total. The average Bonchev–Trinajstić information content (AvgIpc) is 2.88. The van der Waals surface area contributed by atoms with Gasteiger partial charge in [0, 0.05) is 24.5 Å². The van der Waals surface area contributed by atoms with Crippen LogP contribution in [0.25, 0.3) is 0 Å². The zero-order valence-corrected chi connectivity index (χ0v) is 13.4. The van der Waals surface area contributed by atoms with E-state index in [1.807, 2.05) is 0 Å². The standard InChI is InChI=1S/C13H24N2O2S2/c1-3-5-9-15(10-6-4-2)19(16,17)13-8-7-12(11-14)18-13/h7-8H,3-6,9-11,14H2,1-2H3. The zero-order valence-electron chi connectivity index (χ0n) is 11.8. The van der Waals surface area contributed by atoms with Crippen molar-refractivity contribution in [2.45, 2.75) is 50.3 Å². The maximum absolute atomic E-state index is 12.6.